The van der Waals surface area contributed by atoms with E-state index < -0.39 is 0 Å². The third-order valence-corrected chi connectivity index (χ3v) is 5.75. The van der Waals surface area contributed by atoms with Crippen molar-refractivity contribution >= 4 is 11.8 Å². The molecule has 1 aliphatic heterocycles. The first kappa shape index (κ1) is 16.1. The molecule has 1 saturated heterocycles. The molecule has 0 amide bonds. The Morgan fingerprint density at radius 2 is 1.79 bits per heavy atom. The molecule has 5 nitrogen and oxygen atoms in total. The zero-order valence-corrected chi connectivity index (χ0v) is 14.7. The van der Waals surface area contributed by atoms with E-state index in [1.807, 2.05) is 0 Å². The lowest BCUT2D eigenvalue weighted by molar-refractivity contribution is 0.361. The van der Waals surface area contributed by atoms with Crippen LogP contribution < -0.4 is 16.0 Å². The maximum atomic E-state index is 4.79. The van der Waals surface area contributed by atoms with E-state index >= 15 is 0 Å². The maximum absolute atomic E-state index is 4.79. The Morgan fingerprint density at radius 3 is 2.54 bits per heavy atom. The molecule has 0 bridgehead atoms. The highest BCUT2D eigenvalue weighted by Crippen LogP contribution is 2.40. The van der Waals surface area contributed by atoms with Crippen LogP contribution in [-0.4, -0.2) is 35.6 Å². The van der Waals surface area contributed by atoms with Gasteiger partial charge in [-0.15, -0.1) is 0 Å². The Kier molecular flexibility index (Phi) is 5.16. The van der Waals surface area contributed by atoms with Crippen LogP contribution in [0.2, 0.25) is 0 Å². The number of nitrogens with one attached hydrogen (secondary N) is 3. The number of aromatic nitrogens is 2. The second kappa shape index (κ2) is 7.68. The number of nitrogens with zero attached hydrogens (tertiary/aromatic N) is 2. The third kappa shape index (κ3) is 4.38. The minimum Gasteiger partial charge on any atom is -0.370 e. The van der Waals surface area contributed by atoms with Crippen LogP contribution in [0.25, 0.3) is 0 Å². The molecule has 5 heteroatoms. The van der Waals surface area contributed by atoms with E-state index in [0.29, 0.717) is 12.0 Å². The second-order valence-corrected chi connectivity index (χ2v) is 7.81. The Morgan fingerprint density at radius 1 is 1.00 bits per heavy atom. The molecule has 2 saturated carbocycles. The van der Waals surface area contributed by atoms with Crippen molar-refractivity contribution in [1.29, 1.82) is 0 Å². The molecular weight excluding hydrogens is 298 g/mol. The lowest BCUT2D eigenvalue weighted by Gasteiger charge is -2.22. The fourth-order valence-electron chi connectivity index (χ4n) is 4.04. The molecular formula is C19H31N5. The number of hydrogen-bond acceptors (Lipinski definition) is 5. The number of piperidine rings is 1. The summed E-state index contributed by atoms with van der Waals surface area (Å²) in [4.78, 5) is 9.53. The van der Waals surface area contributed by atoms with Gasteiger partial charge in [-0.25, -0.2) is 4.98 Å². The van der Waals surface area contributed by atoms with E-state index in [1.165, 1.54) is 76.6 Å². The predicted molar refractivity (Wildman–Crippen MR) is 98.6 cm³/mol. The van der Waals surface area contributed by atoms with Gasteiger partial charge in [0.25, 0.3) is 0 Å². The Balaban J connectivity index is 1.36. The summed E-state index contributed by atoms with van der Waals surface area (Å²) < 4.78 is 0. The fourth-order valence-corrected chi connectivity index (χ4v) is 4.04. The largest absolute Gasteiger partial charge is 0.370 e. The van der Waals surface area contributed by atoms with E-state index in [2.05, 4.69) is 22.0 Å². The third-order valence-electron chi connectivity index (χ3n) is 5.75. The Labute approximate surface area is 145 Å². The molecule has 0 radical (unpaired) electrons. The molecule has 0 spiro atoms. The van der Waals surface area contributed by atoms with Gasteiger partial charge >= 0.3 is 0 Å². The Hall–Kier alpha value is -1.36. The van der Waals surface area contributed by atoms with E-state index in [-0.39, 0.29) is 0 Å². The van der Waals surface area contributed by atoms with E-state index in [9.17, 15) is 0 Å². The maximum Gasteiger partial charge on any atom is 0.225 e. The topological polar surface area (TPSA) is 61.9 Å². The summed E-state index contributed by atoms with van der Waals surface area (Å²) in [5.74, 6) is 3.39. The summed E-state index contributed by atoms with van der Waals surface area (Å²) in [5.41, 5.74) is 1.23. The summed E-state index contributed by atoms with van der Waals surface area (Å²) >= 11 is 0. The monoisotopic (exact) mass is 329 g/mol. The first-order chi connectivity index (χ1) is 11.9. The van der Waals surface area contributed by atoms with Gasteiger partial charge in [-0.05, 0) is 64.0 Å². The van der Waals surface area contributed by atoms with E-state index in [0.717, 1.165) is 24.2 Å². The molecule has 24 heavy (non-hydrogen) atoms. The molecule has 3 fully saturated rings. The number of rotatable bonds is 7. The molecule has 1 aromatic rings. The number of hydrogen-bond donors (Lipinski definition) is 3. The standard InChI is InChI=1S/C19H31N5/c1-2-4-16(3-1)22-19-23-17(15-5-6-15)13-18(24-19)21-12-9-14-7-10-20-11-8-14/h13-16,20H,1-12H2,(H2,21,22,23,24). The van der Waals surface area contributed by atoms with Gasteiger partial charge < -0.3 is 16.0 Å². The zero-order valence-electron chi connectivity index (χ0n) is 14.7. The van der Waals surface area contributed by atoms with Crippen LogP contribution in [0.3, 0.4) is 0 Å². The van der Waals surface area contributed by atoms with Crippen LogP contribution in [0.1, 0.15) is 69.4 Å². The number of anilines is 2. The molecule has 3 N–H and O–H groups in total. The minimum atomic E-state index is 0.571. The van der Waals surface area contributed by atoms with Crippen LogP contribution in [0.4, 0.5) is 11.8 Å². The molecule has 0 unspecified atom stereocenters. The molecule has 1 aromatic heterocycles. The van der Waals surface area contributed by atoms with Crippen LogP contribution in [0, 0.1) is 5.92 Å². The summed E-state index contributed by atoms with van der Waals surface area (Å²) in [6, 6.07) is 2.75. The summed E-state index contributed by atoms with van der Waals surface area (Å²) in [7, 11) is 0. The predicted octanol–water partition coefficient (Wildman–Crippen LogP) is 3.51. The van der Waals surface area contributed by atoms with Crippen molar-refractivity contribution in [1.82, 2.24) is 15.3 Å². The Bertz CT molecular complexity index is 531. The van der Waals surface area contributed by atoms with Crippen molar-refractivity contribution in [3.63, 3.8) is 0 Å². The summed E-state index contributed by atoms with van der Waals surface area (Å²) in [5, 5.41) is 10.6. The van der Waals surface area contributed by atoms with Gasteiger partial charge in [-0.2, -0.15) is 4.98 Å². The van der Waals surface area contributed by atoms with E-state index in [1.54, 1.807) is 0 Å². The molecule has 4 rings (SSSR count). The normalized spacial score (nSPS) is 22.7. The molecule has 132 valence electrons. The molecule has 3 aliphatic rings. The van der Waals surface area contributed by atoms with Crippen molar-refractivity contribution in [3.05, 3.63) is 11.8 Å². The van der Waals surface area contributed by atoms with Crippen LogP contribution in [0.15, 0.2) is 6.07 Å². The first-order valence-electron chi connectivity index (χ1n) is 9.97. The average molecular weight is 329 g/mol. The molecule has 0 atom stereocenters. The van der Waals surface area contributed by atoms with Crippen molar-refractivity contribution in [3.8, 4) is 0 Å². The highest BCUT2D eigenvalue weighted by atomic mass is 15.2. The van der Waals surface area contributed by atoms with Gasteiger partial charge in [0.1, 0.15) is 5.82 Å². The average Bonchev–Trinajstić information content (AvgIpc) is 3.34. The fraction of sp³-hybridized carbons (Fsp3) is 0.789. The lowest BCUT2D eigenvalue weighted by Crippen LogP contribution is -2.28. The van der Waals surface area contributed by atoms with Crippen LogP contribution >= 0.6 is 0 Å². The van der Waals surface area contributed by atoms with Crippen LogP contribution in [0.5, 0.6) is 0 Å². The van der Waals surface area contributed by atoms with Crippen molar-refractivity contribution in [2.24, 2.45) is 5.92 Å². The van der Waals surface area contributed by atoms with Gasteiger partial charge in [0, 0.05) is 24.6 Å². The minimum absolute atomic E-state index is 0.571. The highest BCUT2D eigenvalue weighted by molar-refractivity contribution is 5.44. The lowest BCUT2D eigenvalue weighted by atomic mass is 9.95. The second-order valence-electron chi connectivity index (χ2n) is 7.81. The van der Waals surface area contributed by atoms with Crippen LogP contribution in [-0.2, 0) is 0 Å². The molecule has 0 aromatic carbocycles. The van der Waals surface area contributed by atoms with Gasteiger partial charge in [0.15, 0.2) is 0 Å². The van der Waals surface area contributed by atoms with Crippen molar-refractivity contribution in [2.75, 3.05) is 30.3 Å². The van der Waals surface area contributed by atoms with Crippen molar-refractivity contribution in [2.45, 2.75) is 69.7 Å². The van der Waals surface area contributed by atoms with Gasteiger partial charge in [0.2, 0.25) is 5.95 Å². The first-order valence-corrected chi connectivity index (χ1v) is 9.97. The van der Waals surface area contributed by atoms with Crippen molar-refractivity contribution < 1.29 is 0 Å². The van der Waals surface area contributed by atoms with Gasteiger partial charge in [-0.3, -0.25) is 0 Å². The van der Waals surface area contributed by atoms with E-state index in [4.69, 9.17) is 9.97 Å². The summed E-state index contributed by atoms with van der Waals surface area (Å²) in [6.07, 6.45) is 11.6. The smallest absolute Gasteiger partial charge is 0.225 e. The van der Waals surface area contributed by atoms with Gasteiger partial charge in [-0.1, -0.05) is 12.8 Å². The highest BCUT2D eigenvalue weighted by Gasteiger charge is 2.27. The molecule has 2 aliphatic carbocycles. The zero-order chi connectivity index (χ0) is 16.2. The summed E-state index contributed by atoms with van der Waals surface area (Å²) in [6.45, 7) is 3.38. The quantitative estimate of drug-likeness (QED) is 0.714. The van der Waals surface area contributed by atoms with Gasteiger partial charge in [0.05, 0.1) is 5.69 Å². The molecule has 2 heterocycles. The SMILES string of the molecule is c1c(NCCC2CCNCC2)nc(NC2CCCC2)nc1C1CC1.